The second-order valence-electron chi connectivity index (χ2n) is 4.02. The van der Waals surface area contributed by atoms with Crippen molar-refractivity contribution >= 4 is 5.91 Å². The number of aromatic nitrogens is 3. The number of amides is 1. The van der Waals surface area contributed by atoms with Crippen LogP contribution >= 0.6 is 0 Å². The smallest absolute Gasteiger partial charge is 0.288 e. The average Bonchev–Trinajstić information content (AvgIpc) is 2.95. The fourth-order valence-electron chi connectivity index (χ4n) is 2.34. The van der Waals surface area contributed by atoms with Crippen LogP contribution in [0.1, 0.15) is 29.9 Å². The molecule has 6 heteroatoms. The number of carbonyl (C=O) groups excluding carboxylic acids is 1. The van der Waals surface area contributed by atoms with E-state index in [1.807, 2.05) is 0 Å². The van der Waals surface area contributed by atoms with Crippen molar-refractivity contribution in [2.75, 3.05) is 0 Å². The van der Waals surface area contributed by atoms with E-state index in [-0.39, 0.29) is 23.9 Å². The Balaban J connectivity index is 1.64. The van der Waals surface area contributed by atoms with Crippen molar-refractivity contribution in [1.82, 2.24) is 20.5 Å². The summed E-state index contributed by atoms with van der Waals surface area (Å²) in [5, 5.41) is 9.09. The van der Waals surface area contributed by atoms with Crippen molar-refractivity contribution in [1.29, 1.82) is 0 Å². The van der Waals surface area contributed by atoms with Gasteiger partial charge in [0.15, 0.2) is 0 Å². The summed E-state index contributed by atoms with van der Waals surface area (Å²) < 4.78 is 5.64. The molecule has 2 aliphatic rings. The molecular formula is C9H12N4O2. The second kappa shape index (κ2) is 3.30. The first-order valence-corrected chi connectivity index (χ1v) is 5.14. The van der Waals surface area contributed by atoms with Crippen molar-refractivity contribution in [3.8, 4) is 0 Å². The Hall–Kier alpha value is -1.43. The largest absolute Gasteiger partial charge is 0.373 e. The highest BCUT2D eigenvalue weighted by Crippen LogP contribution is 2.34. The normalized spacial score (nSPS) is 33.2. The Morgan fingerprint density at radius 2 is 2.53 bits per heavy atom. The Morgan fingerprint density at radius 1 is 1.60 bits per heavy atom. The van der Waals surface area contributed by atoms with Crippen LogP contribution in [-0.4, -0.2) is 39.3 Å². The third-order valence-electron chi connectivity index (χ3n) is 3.05. The maximum absolute atomic E-state index is 11.6. The van der Waals surface area contributed by atoms with Gasteiger partial charge in [-0.3, -0.25) is 9.89 Å². The number of fused-ring (bicyclic) bond motifs is 2. The summed E-state index contributed by atoms with van der Waals surface area (Å²) in [7, 11) is 0. The van der Waals surface area contributed by atoms with Crippen LogP contribution in [0, 0.1) is 0 Å². The highest BCUT2D eigenvalue weighted by molar-refractivity contribution is 5.90. The molecule has 6 nitrogen and oxygen atoms in total. The zero-order chi connectivity index (χ0) is 10.3. The van der Waals surface area contributed by atoms with Gasteiger partial charge in [0.2, 0.25) is 5.82 Å². The number of aromatic amines is 1. The Morgan fingerprint density at radius 3 is 3.13 bits per heavy atom. The van der Waals surface area contributed by atoms with Gasteiger partial charge in [0, 0.05) is 0 Å². The predicted molar refractivity (Wildman–Crippen MR) is 50.1 cm³/mol. The van der Waals surface area contributed by atoms with E-state index in [4.69, 9.17) is 4.74 Å². The molecule has 3 unspecified atom stereocenters. The average molecular weight is 208 g/mol. The molecule has 0 spiro atoms. The van der Waals surface area contributed by atoms with Gasteiger partial charge in [0.25, 0.3) is 5.91 Å². The van der Waals surface area contributed by atoms with Crippen LogP contribution in [-0.2, 0) is 4.74 Å². The standard InChI is InChI=1S/C9H12N4O2/c14-9(8-10-4-11-13-8)12-6-3-5-1-2-7(6)15-5/h4-7H,1-3H2,(H,12,14)(H,10,11,13). The maximum atomic E-state index is 11.6. The molecule has 1 amide bonds. The molecule has 1 aromatic heterocycles. The number of hydrogen-bond donors (Lipinski definition) is 2. The molecule has 2 N–H and O–H groups in total. The van der Waals surface area contributed by atoms with Crippen molar-refractivity contribution < 1.29 is 9.53 Å². The molecule has 0 radical (unpaired) electrons. The van der Waals surface area contributed by atoms with E-state index in [0.717, 1.165) is 19.3 Å². The topological polar surface area (TPSA) is 79.9 Å². The minimum Gasteiger partial charge on any atom is -0.373 e. The molecule has 2 saturated heterocycles. The lowest BCUT2D eigenvalue weighted by Gasteiger charge is -2.19. The number of carbonyl (C=O) groups is 1. The van der Waals surface area contributed by atoms with Gasteiger partial charge >= 0.3 is 0 Å². The lowest BCUT2D eigenvalue weighted by atomic mass is 9.95. The van der Waals surface area contributed by atoms with Crippen LogP contribution in [0.25, 0.3) is 0 Å². The molecule has 3 rings (SSSR count). The first kappa shape index (κ1) is 8.84. The Kier molecular flexibility index (Phi) is 1.95. The van der Waals surface area contributed by atoms with Crippen molar-refractivity contribution in [2.24, 2.45) is 0 Å². The molecule has 3 atom stereocenters. The van der Waals surface area contributed by atoms with Crippen LogP contribution in [0.15, 0.2) is 6.33 Å². The zero-order valence-electron chi connectivity index (χ0n) is 8.14. The highest BCUT2D eigenvalue weighted by atomic mass is 16.5. The van der Waals surface area contributed by atoms with Crippen LogP contribution < -0.4 is 5.32 Å². The fourth-order valence-corrected chi connectivity index (χ4v) is 2.34. The molecule has 2 fully saturated rings. The highest BCUT2D eigenvalue weighted by Gasteiger charge is 2.41. The summed E-state index contributed by atoms with van der Waals surface area (Å²) >= 11 is 0. The van der Waals surface area contributed by atoms with Crippen molar-refractivity contribution in [3.05, 3.63) is 12.2 Å². The zero-order valence-corrected chi connectivity index (χ0v) is 8.14. The molecule has 2 bridgehead atoms. The van der Waals surface area contributed by atoms with Gasteiger partial charge < -0.3 is 10.1 Å². The summed E-state index contributed by atoms with van der Waals surface area (Å²) in [4.78, 5) is 15.4. The van der Waals surface area contributed by atoms with E-state index in [0.29, 0.717) is 6.10 Å². The minimum absolute atomic E-state index is 0.140. The quantitative estimate of drug-likeness (QED) is 0.708. The second-order valence-corrected chi connectivity index (χ2v) is 4.02. The summed E-state index contributed by atoms with van der Waals surface area (Å²) in [6.07, 6.45) is 4.96. The summed E-state index contributed by atoms with van der Waals surface area (Å²) in [5.74, 6) is 0.0615. The monoisotopic (exact) mass is 208 g/mol. The molecular weight excluding hydrogens is 196 g/mol. The summed E-state index contributed by atoms with van der Waals surface area (Å²) in [6.45, 7) is 0. The number of hydrogen-bond acceptors (Lipinski definition) is 4. The summed E-state index contributed by atoms with van der Waals surface area (Å²) in [6, 6.07) is 0.140. The molecule has 1 aromatic rings. The molecule has 2 aliphatic heterocycles. The fraction of sp³-hybridized carbons (Fsp3) is 0.667. The predicted octanol–water partition coefficient (Wildman–Crippen LogP) is -0.146. The van der Waals surface area contributed by atoms with E-state index < -0.39 is 0 Å². The van der Waals surface area contributed by atoms with Crippen molar-refractivity contribution in [3.63, 3.8) is 0 Å². The molecule has 0 aliphatic carbocycles. The van der Waals surface area contributed by atoms with Crippen LogP contribution in [0.2, 0.25) is 0 Å². The lowest BCUT2D eigenvalue weighted by Crippen LogP contribution is -2.41. The number of nitrogens with zero attached hydrogens (tertiary/aromatic N) is 2. The maximum Gasteiger partial charge on any atom is 0.288 e. The van der Waals surface area contributed by atoms with E-state index in [1.165, 1.54) is 6.33 Å². The molecule has 80 valence electrons. The van der Waals surface area contributed by atoms with Gasteiger partial charge in [-0.1, -0.05) is 0 Å². The van der Waals surface area contributed by atoms with Gasteiger partial charge in [-0.05, 0) is 19.3 Å². The van der Waals surface area contributed by atoms with E-state index >= 15 is 0 Å². The van der Waals surface area contributed by atoms with Gasteiger partial charge in [-0.25, -0.2) is 4.98 Å². The minimum atomic E-state index is -0.200. The number of H-pyrrole nitrogens is 1. The van der Waals surface area contributed by atoms with Crippen molar-refractivity contribution in [2.45, 2.75) is 37.5 Å². The molecule has 0 saturated carbocycles. The summed E-state index contributed by atoms with van der Waals surface area (Å²) in [5.41, 5.74) is 0. The van der Waals surface area contributed by atoms with Gasteiger partial charge in [-0.2, -0.15) is 5.10 Å². The third-order valence-corrected chi connectivity index (χ3v) is 3.05. The molecule has 15 heavy (non-hydrogen) atoms. The SMILES string of the molecule is O=C(NC1CC2CCC1O2)c1ncn[nH]1. The van der Waals surface area contributed by atoms with E-state index in [2.05, 4.69) is 20.5 Å². The van der Waals surface area contributed by atoms with E-state index in [9.17, 15) is 4.79 Å². The van der Waals surface area contributed by atoms with Gasteiger partial charge in [0.05, 0.1) is 18.2 Å². The van der Waals surface area contributed by atoms with Gasteiger partial charge in [-0.15, -0.1) is 0 Å². The van der Waals surface area contributed by atoms with Crippen LogP contribution in [0.5, 0.6) is 0 Å². The Labute approximate surface area is 86.4 Å². The number of rotatable bonds is 2. The van der Waals surface area contributed by atoms with Crippen LogP contribution in [0.4, 0.5) is 0 Å². The first-order chi connectivity index (χ1) is 7.33. The first-order valence-electron chi connectivity index (χ1n) is 5.14. The number of ether oxygens (including phenoxy) is 1. The Bertz CT molecular complexity index is 364. The van der Waals surface area contributed by atoms with E-state index in [1.54, 1.807) is 0 Å². The lowest BCUT2D eigenvalue weighted by molar-refractivity contribution is 0.0834. The molecule has 3 heterocycles. The molecule has 0 aromatic carbocycles. The van der Waals surface area contributed by atoms with Gasteiger partial charge in [0.1, 0.15) is 6.33 Å². The van der Waals surface area contributed by atoms with Crippen LogP contribution in [0.3, 0.4) is 0 Å². The third kappa shape index (κ3) is 1.50. The number of nitrogens with one attached hydrogen (secondary N) is 2.